The normalized spacial score (nSPS) is 22.4. The number of aromatic nitrogens is 4. The van der Waals surface area contributed by atoms with Crippen LogP contribution in [0.2, 0.25) is 20.9 Å². The Labute approximate surface area is 205 Å². The predicted molar refractivity (Wildman–Crippen MR) is 128 cm³/mol. The van der Waals surface area contributed by atoms with Crippen LogP contribution in [-0.2, 0) is 0 Å². The van der Waals surface area contributed by atoms with Crippen molar-refractivity contribution < 1.29 is 0 Å². The fraction of sp³-hybridized carbons (Fsp3) is 0.167. The largest absolute Gasteiger partial charge is 0.224 e. The third-order valence-corrected chi connectivity index (χ3v) is 6.70. The molecule has 4 nitrogen and oxygen atoms in total. The van der Waals surface area contributed by atoms with Crippen molar-refractivity contribution >= 4 is 46.4 Å². The second-order valence-corrected chi connectivity index (χ2v) is 9.14. The highest BCUT2D eigenvalue weighted by Gasteiger charge is 2.54. The van der Waals surface area contributed by atoms with E-state index >= 15 is 0 Å². The third-order valence-electron chi connectivity index (χ3n) is 5.97. The van der Waals surface area contributed by atoms with Crippen molar-refractivity contribution in [3.8, 4) is 0 Å². The summed E-state index contributed by atoms with van der Waals surface area (Å²) in [6, 6.07) is 24.3. The topological polar surface area (TPSA) is 51.6 Å². The molecule has 1 aliphatic rings. The van der Waals surface area contributed by atoms with Gasteiger partial charge in [-0.3, -0.25) is 0 Å². The van der Waals surface area contributed by atoms with E-state index in [1.807, 2.05) is 36.4 Å². The van der Waals surface area contributed by atoms with Gasteiger partial charge in [0.25, 0.3) is 0 Å². The van der Waals surface area contributed by atoms with Crippen LogP contribution in [0, 0.1) is 0 Å². The summed E-state index contributed by atoms with van der Waals surface area (Å²) in [7, 11) is 0. The smallest absolute Gasteiger partial charge is 0.223 e. The van der Waals surface area contributed by atoms with Crippen molar-refractivity contribution in [2.24, 2.45) is 0 Å². The number of hydrogen-bond donors (Lipinski definition) is 0. The molecule has 0 aliphatic heterocycles. The van der Waals surface area contributed by atoms with Gasteiger partial charge in [0.2, 0.25) is 10.6 Å². The average molecular weight is 502 g/mol. The Hall–Kier alpha value is -2.24. The van der Waals surface area contributed by atoms with Gasteiger partial charge in [-0.15, -0.1) is 0 Å². The van der Waals surface area contributed by atoms with Gasteiger partial charge in [0.05, 0.1) is 11.4 Å². The first kappa shape index (κ1) is 21.6. The SMILES string of the molecule is Clc1cc([C@@H]2[C@@H](c3ccccc3)[C@H](c3ccccc3)[C@@H]2c2cc(Cl)nc(Cl)n2)nc(Cl)n1. The number of benzene rings is 2. The van der Waals surface area contributed by atoms with Gasteiger partial charge < -0.3 is 0 Å². The first-order chi connectivity index (χ1) is 15.5. The Morgan fingerprint density at radius 2 is 0.844 bits per heavy atom. The van der Waals surface area contributed by atoms with Gasteiger partial charge in [-0.2, -0.15) is 0 Å². The maximum absolute atomic E-state index is 6.26. The molecular weight excluding hydrogens is 486 g/mol. The fourth-order valence-electron chi connectivity index (χ4n) is 4.82. The first-order valence-electron chi connectivity index (χ1n) is 10.0. The number of halogens is 4. The van der Waals surface area contributed by atoms with Gasteiger partial charge >= 0.3 is 0 Å². The summed E-state index contributed by atoms with van der Waals surface area (Å²) in [5.41, 5.74) is 3.90. The molecular formula is C24H16Cl4N4. The molecule has 5 rings (SSSR count). The molecule has 2 aromatic heterocycles. The van der Waals surface area contributed by atoms with Crippen molar-refractivity contribution in [1.82, 2.24) is 19.9 Å². The Morgan fingerprint density at radius 1 is 0.469 bits per heavy atom. The molecule has 4 atom stereocenters. The van der Waals surface area contributed by atoms with Gasteiger partial charge in [0, 0.05) is 23.7 Å². The Morgan fingerprint density at radius 3 is 1.19 bits per heavy atom. The molecule has 32 heavy (non-hydrogen) atoms. The van der Waals surface area contributed by atoms with Crippen molar-refractivity contribution in [2.45, 2.75) is 23.7 Å². The Kier molecular flexibility index (Phi) is 6.04. The molecule has 1 aliphatic carbocycles. The van der Waals surface area contributed by atoms with Crippen LogP contribution in [0.4, 0.5) is 0 Å². The molecule has 0 spiro atoms. The quantitative estimate of drug-likeness (QED) is 0.217. The standard InChI is InChI=1S/C24H16Cl4N4/c25-17-11-15(29-23(27)31-17)21-19(13-7-3-1-4-8-13)20(14-9-5-2-6-10-14)22(21)16-12-18(26)32-24(28)30-16/h1-12,19-22H/t19-,20-,21-,22+/m0/s1. The van der Waals surface area contributed by atoms with E-state index in [4.69, 9.17) is 46.4 Å². The first-order valence-corrected chi connectivity index (χ1v) is 11.5. The number of nitrogens with zero attached hydrogens (tertiary/aromatic N) is 4. The summed E-state index contributed by atoms with van der Waals surface area (Å²) >= 11 is 24.9. The summed E-state index contributed by atoms with van der Waals surface area (Å²) in [4.78, 5) is 17.1. The second kappa shape index (κ2) is 8.95. The minimum absolute atomic E-state index is 0.0670. The van der Waals surface area contributed by atoms with Crippen LogP contribution < -0.4 is 0 Å². The molecule has 2 aromatic carbocycles. The number of rotatable bonds is 4. The highest BCUT2D eigenvalue weighted by Crippen LogP contribution is 2.66. The average Bonchev–Trinajstić information content (AvgIpc) is 2.73. The summed E-state index contributed by atoms with van der Waals surface area (Å²) in [6.45, 7) is 0. The predicted octanol–water partition coefficient (Wildman–Crippen LogP) is 7.33. The Balaban J connectivity index is 1.72. The van der Waals surface area contributed by atoms with Gasteiger partial charge in [-0.05, 0) is 46.5 Å². The van der Waals surface area contributed by atoms with Crippen LogP contribution in [0.15, 0.2) is 72.8 Å². The summed E-state index contributed by atoms with van der Waals surface area (Å²) in [5, 5.41) is 0.819. The van der Waals surface area contributed by atoms with E-state index in [-0.39, 0.29) is 34.2 Å². The molecule has 2 heterocycles. The minimum Gasteiger partial charge on any atom is -0.223 e. The van der Waals surface area contributed by atoms with Crippen molar-refractivity contribution in [1.29, 1.82) is 0 Å². The second-order valence-electron chi connectivity index (χ2n) is 7.69. The highest BCUT2D eigenvalue weighted by molar-refractivity contribution is 6.32. The van der Waals surface area contributed by atoms with Crippen LogP contribution in [-0.4, -0.2) is 19.9 Å². The Bertz CT molecular complexity index is 1110. The van der Waals surface area contributed by atoms with Gasteiger partial charge in [-0.1, -0.05) is 83.9 Å². The monoisotopic (exact) mass is 500 g/mol. The van der Waals surface area contributed by atoms with Crippen LogP contribution >= 0.6 is 46.4 Å². The van der Waals surface area contributed by atoms with E-state index in [0.29, 0.717) is 10.3 Å². The van der Waals surface area contributed by atoms with Gasteiger partial charge in [-0.25, -0.2) is 19.9 Å². The van der Waals surface area contributed by atoms with Crippen molar-refractivity contribution in [3.05, 3.63) is 116 Å². The maximum atomic E-state index is 6.26. The van der Waals surface area contributed by atoms with Crippen LogP contribution in [0.1, 0.15) is 46.2 Å². The van der Waals surface area contributed by atoms with Gasteiger partial charge in [0.15, 0.2) is 0 Å². The summed E-state index contributed by atoms with van der Waals surface area (Å²) in [6.07, 6.45) is 0. The van der Waals surface area contributed by atoms with Gasteiger partial charge in [0.1, 0.15) is 10.3 Å². The van der Waals surface area contributed by atoms with Crippen LogP contribution in [0.3, 0.4) is 0 Å². The van der Waals surface area contributed by atoms with Crippen molar-refractivity contribution in [3.63, 3.8) is 0 Å². The lowest BCUT2D eigenvalue weighted by molar-refractivity contribution is 0.220. The van der Waals surface area contributed by atoms with Crippen molar-refractivity contribution in [2.75, 3.05) is 0 Å². The van der Waals surface area contributed by atoms with E-state index in [2.05, 4.69) is 44.2 Å². The molecule has 0 saturated heterocycles. The lowest BCUT2D eigenvalue weighted by Crippen LogP contribution is -2.41. The van der Waals surface area contributed by atoms with Crippen LogP contribution in [0.5, 0.6) is 0 Å². The molecule has 0 N–H and O–H groups in total. The molecule has 8 heteroatoms. The highest BCUT2D eigenvalue weighted by atomic mass is 35.5. The third kappa shape index (κ3) is 4.08. The summed E-state index contributed by atoms with van der Waals surface area (Å²) < 4.78 is 0. The number of hydrogen-bond acceptors (Lipinski definition) is 4. The van der Waals surface area contributed by atoms with E-state index in [0.717, 1.165) is 11.4 Å². The van der Waals surface area contributed by atoms with E-state index in [1.165, 1.54) is 11.1 Å². The lowest BCUT2D eigenvalue weighted by Gasteiger charge is -2.52. The zero-order valence-corrected chi connectivity index (χ0v) is 19.6. The molecule has 160 valence electrons. The zero-order chi connectivity index (χ0) is 22.2. The lowest BCUT2D eigenvalue weighted by atomic mass is 9.50. The fourth-order valence-corrected chi connectivity index (χ4v) is 5.67. The molecule has 0 unspecified atom stereocenters. The molecule has 0 amide bonds. The van der Waals surface area contributed by atoms with E-state index < -0.39 is 0 Å². The molecule has 0 radical (unpaired) electrons. The van der Waals surface area contributed by atoms with E-state index in [1.54, 1.807) is 12.1 Å². The maximum Gasteiger partial charge on any atom is 0.224 e. The molecule has 1 saturated carbocycles. The van der Waals surface area contributed by atoms with E-state index in [9.17, 15) is 0 Å². The summed E-state index contributed by atoms with van der Waals surface area (Å²) in [5.74, 6) is 0.0848. The zero-order valence-electron chi connectivity index (χ0n) is 16.5. The molecule has 0 bridgehead atoms. The molecule has 4 aromatic rings. The van der Waals surface area contributed by atoms with Crippen LogP contribution in [0.25, 0.3) is 0 Å². The minimum atomic E-state index is -0.0670. The molecule has 1 fully saturated rings.